The van der Waals surface area contributed by atoms with Crippen LogP contribution in [0.1, 0.15) is 17.5 Å². The summed E-state index contributed by atoms with van der Waals surface area (Å²) in [7, 11) is 0. The topological polar surface area (TPSA) is 99.2 Å². The number of nitriles is 1. The summed E-state index contributed by atoms with van der Waals surface area (Å²) in [5, 5.41) is 11.6. The lowest BCUT2D eigenvalue weighted by atomic mass is 10.2. The monoisotopic (exact) mass is 322 g/mol. The van der Waals surface area contributed by atoms with Crippen LogP contribution in [0.15, 0.2) is 54.6 Å². The minimum atomic E-state index is -0.459. The largest absolute Gasteiger partial charge is 0.370 e. The Bertz CT molecular complexity index is 736. The number of benzene rings is 2. The lowest BCUT2D eigenvalue weighted by Gasteiger charge is -2.23. The van der Waals surface area contributed by atoms with E-state index in [2.05, 4.69) is 5.32 Å². The summed E-state index contributed by atoms with van der Waals surface area (Å²) in [6.45, 7) is 0.600. The summed E-state index contributed by atoms with van der Waals surface area (Å²) in [5.74, 6) is -0.459. The summed E-state index contributed by atoms with van der Waals surface area (Å²) < 4.78 is 0. The van der Waals surface area contributed by atoms with Gasteiger partial charge in [-0.3, -0.25) is 4.79 Å². The number of hydrogen-bond donors (Lipinski definition) is 2. The summed E-state index contributed by atoms with van der Waals surface area (Å²) in [6.07, 6.45) is 0.0909. The Hall–Kier alpha value is -3.33. The molecule has 0 aliphatic carbocycles. The van der Waals surface area contributed by atoms with Gasteiger partial charge in [0.2, 0.25) is 5.91 Å². The molecule has 0 unspecified atom stereocenters. The zero-order valence-electron chi connectivity index (χ0n) is 13.1. The Morgan fingerprint density at radius 1 is 1.08 bits per heavy atom. The average molecular weight is 322 g/mol. The highest BCUT2D eigenvalue weighted by molar-refractivity contribution is 5.89. The highest BCUT2D eigenvalue weighted by atomic mass is 16.2. The number of urea groups is 1. The lowest BCUT2D eigenvalue weighted by Crippen LogP contribution is -2.36. The van der Waals surface area contributed by atoms with Gasteiger partial charge in [0.25, 0.3) is 0 Å². The number of primary amides is 1. The maximum Gasteiger partial charge on any atom is 0.322 e. The molecule has 0 aliphatic heterocycles. The molecule has 0 aromatic heterocycles. The van der Waals surface area contributed by atoms with E-state index < -0.39 is 5.91 Å². The number of amides is 3. The SMILES string of the molecule is N#Cc1ccc(NC(=O)N(CCC(N)=O)Cc2ccccc2)cc1. The van der Waals surface area contributed by atoms with E-state index in [1.54, 1.807) is 24.3 Å². The van der Waals surface area contributed by atoms with Crippen LogP contribution in [0.4, 0.5) is 10.5 Å². The van der Waals surface area contributed by atoms with Crippen LogP contribution < -0.4 is 11.1 Å². The van der Waals surface area contributed by atoms with Gasteiger partial charge in [0, 0.05) is 25.2 Å². The van der Waals surface area contributed by atoms with Gasteiger partial charge >= 0.3 is 6.03 Å². The minimum absolute atomic E-state index is 0.0909. The first kappa shape index (κ1) is 17.0. The first-order valence-corrected chi connectivity index (χ1v) is 7.47. The molecular weight excluding hydrogens is 304 g/mol. The predicted molar refractivity (Wildman–Crippen MR) is 90.8 cm³/mol. The van der Waals surface area contributed by atoms with Crippen molar-refractivity contribution >= 4 is 17.6 Å². The maximum absolute atomic E-state index is 12.5. The van der Waals surface area contributed by atoms with E-state index >= 15 is 0 Å². The number of anilines is 1. The van der Waals surface area contributed by atoms with E-state index in [0.717, 1.165) is 5.56 Å². The van der Waals surface area contributed by atoms with Crippen LogP contribution in [0.5, 0.6) is 0 Å². The molecule has 3 amide bonds. The molecule has 0 bridgehead atoms. The van der Waals surface area contributed by atoms with Gasteiger partial charge in [-0.1, -0.05) is 30.3 Å². The smallest absolute Gasteiger partial charge is 0.322 e. The van der Waals surface area contributed by atoms with Crippen LogP contribution in [0, 0.1) is 11.3 Å². The summed E-state index contributed by atoms with van der Waals surface area (Å²) in [6, 6.07) is 17.8. The number of nitrogens with one attached hydrogen (secondary N) is 1. The highest BCUT2D eigenvalue weighted by Gasteiger charge is 2.15. The molecular formula is C18H18N4O2. The van der Waals surface area contributed by atoms with Crippen molar-refractivity contribution in [3.63, 3.8) is 0 Å². The fourth-order valence-electron chi connectivity index (χ4n) is 2.13. The number of hydrogen-bond acceptors (Lipinski definition) is 3. The molecule has 0 fully saturated rings. The van der Waals surface area contributed by atoms with Crippen molar-refractivity contribution < 1.29 is 9.59 Å². The number of carbonyl (C=O) groups is 2. The second kappa shape index (κ2) is 8.34. The average Bonchev–Trinajstić information content (AvgIpc) is 2.60. The molecule has 6 heteroatoms. The third kappa shape index (κ3) is 5.14. The van der Waals surface area contributed by atoms with Gasteiger partial charge in [0.1, 0.15) is 0 Å². The van der Waals surface area contributed by atoms with Gasteiger partial charge in [-0.25, -0.2) is 4.79 Å². The molecule has 2 aromatic rings. The normalized spacial score (nSPS) is 9.79. The van der Waals surface area contributed by atoms with E-state index in [4.69, 9.17) is 11.0 Å². The molecule has 0 saturated carbocycles. The first-order chi connectivity index (χ1) is 11.6. The molecule has 0 saturated heterocycles. The molecule has 2 rings (SSSR count). The zero-order chi connectivity index (χ0) is 17.4. The van der Waals surface area contributed by atoms with Crippen LogP contribution in [0.25, 0.3) is 0 Å². The Morgan fingerprint density at radius 3 is 2.33 bits per heavy atom. The summed E-state index contributed by atoms with van der Waals surface area (Å²) >= 11 is 0. The molecule has 6 nitrogen and oxygen atoms in total. The van der Waals surface area contributed by atoms with E-state index in [0.29, 0.717) is 17.8 Å². The van der Waals surface area contributed by atoms with Gasteiger partial charge in [0.15, 0.2) is 0 Å². The van der Waals surface area contributed by atoms with Crippen molar-refractivity contribution in [3.8, 4) is 6.07 Å². The molecule has 3 N–H and O–H groups in total. The van der Waals surface area contributed by atoms with Crippen LogP contribution in [0.2, 0.25) is 0 Å². The lowest BCUT2D eigenvalue weighted by molar-refractivity contribution is -0.118. The Balaban J connectivity index is 2.07. The molecule has 2 aromatic carbocycles. The van der Waals surface area contributed by atoms with Crippen molar-refractivity contribution in [1.29, 1.82) is 5.26 Å². The molecule has 0 spiro atoms. The quantitative estimate of drug-likeness (QED) is 0.854. The van der Waals surface area contributed by atoms with E-state index in [1.165, 1.54) is 4.90 Å². The van der Waals surface area contributed by atoms with Gasteiger partial charge < -0.3 is 16.0 Å². The van der Waals surface area contributed by atoms with Crippen molar-refractivity contribution in [2.45, 2.75) is 13.0 Å². The zero-order valence-corrected chi connectivity index (χ0v) is 13.1. The van der Waals surface area contributed by atoms with Crippen molar-refractivity contribution in [2.24, 2.45) is 5.73 Å². The minimum Gasteiger partial charge on any atom is -0.370 e. The third-order valence-corrected chi connectivity index (χ3v) is 3.40. The van der Waals surface area contributed by atoms with Crippen LogP contribution in [0.3, 0.4) is 0 Å². The molecule has 24 heavy (non-hydrogen) atoms. The Kier molecular flexibility index (Phi) is 5.92. The fraction of sp³-hybridized carbons (Fsp3) is 0.167. The van der Waals surface area contributed by atoms with Crippen molar-refractivity contribution in [1.82, 2.24) is 4.90 Å². The van der Waals surface area contributed by atoms with Gasteiger partial charge in [-0.2, -0.15) is 5.26 Å². The van der Waals surface area contributed by atoms with Crippen LogP contribution >= 0.6 is 0 Å². The van der Waals surface area contributed by atoms with E-state index in [-0.39, 0.29) is 19.0 Å². The number of nitrogens with two attached hydrogens (primary N) is 1. The van der Waals surface area contributed by atoms with Crippen LogP contribution in [-0.4, -0.2) is 23.4 Å². The summed E-state index contributed by atoms with van der Waals surface area (Å²) in [5.41, 5.74) is 7.24. The third-order valence-electron chi connectivity index (χ3n) is 3.40. The van der Waals surface area contributed by atoms with Crippen LogP contribution in [-0.2, 0) is 11.3 Å². The summed E-state index contributed by atoms with van der Waals surface area (Å²) in [4.78, 5) is 25.0. The Morgan fingerprint density at radius 2 is 1.75 bits per heavy atom. The van der Waals surface area contributed by atoms with Crippen molar-refractivity contribution in [3.05, 3.63) is 65.7 Å². The second-order valence-corrected chi connectivity index (χ2v) is 5.24. The number of rotatable bonds is 6. The van der Waals surface area contributed by atoms with Gasteiger partial charge in [-0.15, -0.1) is 0 Å². The van der Waals surface area contributed by atoms with Gasteiger partial charge in [0.05, 0.1) is 11.6 Å². The maximum atomic E-state index is 12.5. The van der Waals surface area contributed by atoms with E-state index in [1.807, 2.05) is 36.4 Å². The number of nitrogens with zero attached hydrogens (tertiary/aromatic N) is 2. The van der Waals surface area contributed by atoms with E-state index in [9.17, 15) is 9.59 Å². The number of carbonyl (C=O) groups excluding carboxylic acids is 2. The molecule has 122 valence electrons. The van der Waals surface area contributed by atoms with Crippen molar-refractivity contribution in [2.75, 3.05) is 11.9 Å². The molecule has 0 heterocycles. The standard InChI is InChI=1S/C18H18N4O2/c19-12-14-6-8-16(9-7-14)21-18(24)22(11-10-17(20)23)13-15-4-2-1-3-5-15/h1-9H,10-11,13H2,(H2,20,23)(H,21,24). The van der Waals surface area contributed by atoms with Gasteiger partial charge in [-0.05, 0) is 29.8 Å². The first-order valence-electron chi connectivity index (χ1n) is 7.47. The molecule has 0 radical (unpaired) electrons. The molecule has 0 aliphatic rings. The highest BCUT2D eigenvalue weighted by Crippen LogP contribution is 2.12. The Labute approximate surface area is 140 Å². The fourth-order valence-corrected chi connectivity index (χ4v) is 2.13. The molecule has 0 atom stereocenters. The predicted octanol–water partition coefficient (Wildman–Crippen LogP) is 2.47. The second-order valence-electron chi connectivity index (χ2n) is 5.24.